The molecule has 5 aromatic rings. The average Bonchev–Trinajstić information content (AvgIpc) is 3.63. The molecule has 0 bridgehead atoms. The van der Waals surface area contributed by atoms with Crippen molar-refractivity contribution < 1.29 is 31.1 Å². The number of alkyl halides is 3. The monoisotopic (exact) mass is 695 g/mol. The highest BCUT2D eigenvalue weighted by Crippen LogP contribution is 2.46. The van der Waals surface area contributed by atoms with Crippen molar-refractivity contribution in [2.24, 2.45) is 0 Å². The summed E-state index contributed by atoms with van der Waals surface area (Å²) in [4.78, 5) is 17.6. The van der Waals surface area contributed by atoms with E-state index in [1.807, 2.05) is 11.4 Å². The van der Waals surface area contributed by atoms with Gasteiger partial charge in [0, 0.05) is 37.3 Å². The van der Waals surface area contributed by atoms with E-state index in [9.17, 15) is 23.2 Å². The molecular formula is C34H36F3N5O4SSi. The Morgan fingerprint density at radius 3 is 2.35 bits per heavy atom. The van der Waals surface area contributed by atoms with Crippen molar-refractivity contribution in [3.63, 3.8) is 0 Å². The van der Waals surface area contributed by atoms with Crippen molar-refractivity contribution >= 4 is 45.8 Å². The van der Waals surface area contributed by atoms with E-state index in [2.05, 4.69) is 29.6 Å². The fraction of sp³-hybridized carbons (Fsp3) is 0.324. The topological polar surface area (TPSA) is 130 Å². The number of rotatable bonds is 10. The zero-order valence-corrected chi connectivity index (χ0v) is 29.2. The van der Waals surface area contributed by atoms with Gasteiger partial charge in [-0.3, -0.25) is 4.79 Å². The van der Waals surface area contributed by atoms with Gasteiger partial charge in [-0.1, -0.05) is 43.4 Å². The highest BCUT2D eigenvalue weighted by molar-refractivity contribution is 7.92. The lowest BCUT2D eigenvalue weighted by molar-refractivity contribution is -0.174. The van der Waals surface area contributed by atoms with Crippen LogP contribution in [0.2, 0.25) is 25.7 Å². The molecule has 3 aromatic carbocycles. The largest absolute Gasteiger partial charge is 0.471 e. The zero-order chi connectivity index (χ0) is 35.2. The number of aryl methyl sites for hydroxylation is 3. The molecule has 0 fully saturated rings. The van der Waals surface area contributed by atoms with Gasteiger partial charge < -0.3 is 19.6 Å². The number of carbonyl (C=O) groups is 1. The highest BCUT2D eigenvalue weighted by Gasteiger charge is 2.57. The second-order valence-electron chi connectivity index (χ2n) is 13.1. The van der Waals surface area contributed by atoms with Crippen LogP contribution < -0.4 is 5.32 Å². The van der Waals surface area contributed by atoms with Crippen LogP contribution in [0.25, 0.3) is 21.9 Å². The Morgan fingerprint density at radius 2 is 1.73 bits per heavy atom. The van der Waals surface area contributed by atoms with E-state index in [1.54, 1.807) is 39.1 Å². The number of benzene rings is 3. The van der Waals surface area contributed by atoms with E-state index in [0.29, 0.717) is 22.2 Å². The van der Waals surface area contributed by atoms with Gasteiger partial charge in [0.05, 0.1) is 27.6 Å². The normalized spacial score (nSPS) is 13.8. The number of hydrogen-bond acceptors (Lipinski definition) is 6. The third-order valence-corrected chi connectivity index (χ3v) is 12.2. The number of amides is 1. The summed E-state index contributed by atoms with van der Waals surface area (Å²) in [5.74, 6) is -2.90. The van der Waals surface area contributed by atoms with Crippen LogP contribution >= 0.6 is 0 Å². The number of hydrogen-bond donors (Lipinski definition) is 2. The Morgan fingerprint density at radius 1 is 1.04 bits per heavy atom. The molecule has 0 spiro atoms. The fourth-order valence-corrected chi connectivity index (χ4v) is 8.62. The summed E-state index contributed by atoms with van der Waals surface area (Å²) in [5, 5.41) is 12.0. The molecule has 1 unspecified atom stereocenters. The molecule has 1 atom stereocenters. The van der Waals surface area contributed by atoms with Crippen LogP contribution in [0.15, 0.2) is 65.7 Å². The summed E-state index contributed by atoms with van der Waals surface area (Å²) in [6, 6.07) is 16.1. The summed E-state index contributed by atoms with van der Waals surface area (Å²) in [6.07, 6.45) is -3.92. The molecule has 1 amide bonds. The lowest BCUT2D eigenvalue weighted by Gasteiger charge is -2.36. The number of nitriles is 1. The Bertz CT molecular complexity index is 2180. The third kappa shape index (κ3) is 6.25. The van der Waals surface area contributed by atoms with Crippen LogP contribution in [-0.4, -0.2) is 49.7 Å². The maximum absolute atomic E-state index is 15.3. The van der Waals surface area contributed by atoms with Crippen LogP contribution in [0.4, 0.5) is 13.2 Å². The van der Waals surface area contributed by atoms with Gasteiger partial charge in [0.15, 0.2) is 5.82 Å². The molecule has 48 heavy (non-hydrogen) atoms. The van der Waals surface area contributed by atoms with Gasteiger partial charge in [0.1, 0.15) is 6.73 Å². The number of carbonyl (C=O) groups excluding carboxylic acids is 1. The molecule has 9 nitrogen and oxygen atoms in total. The number of aromatic amines is 1. The van der Waals surface area contributed by atoms with Crippen LogP contribution in [0.1, 0.15) is 33.6 Å². The number of nitrogens with zero attached hydrogens (tertiary/aromatic N) is 3. The first-order valence-electron chi connectivity index (χ1n) is 15.2. The van der Waals surface area contributed by atoms with Gasteiger partial charge in [-0.05, 0) is 74.3 Å². The number of ether oxygens (including phenoxy) is 1. The summed E-state index contributed by atoms with van der Waals surface area (Å²) >= 11 is 0. The molecule has 2 heterocycles. The van der Waals surface area contributed by atoms with Crippen LogP contribution in [0.5, 0.6) is 0 Å². The Hall–Kier alpha value is -4.45. The fourth-order valence-electron chi connectivity index (χ4n) is 5.86. The molecule has 2 N–H and O–H groups in total. The summed E-state index contributed by atoms with van der Waals surface area (Å²) in [6.45, 7) is 11.5. The minimum absolute atomic E-state index is 0.110. The first-order chi connectivity index (χ1) is 22.4. The van der Waals surface area contributed by atoms with Crippen LogP contribution in [-0.2, 0) is 31.0 Å². The van der Waals surface area contributed by atoms with Crippen LogP contribution in [0.3, 0.4) is 0 Å². The van der Waals surface area contributed by atoms with Crippen molar-refractivity contribution in [1.82, 2.24) is 19.9 Å². The number of sulfone groups is 1. The number of halogens is 3. The molecule has 0 aliphatic carbocycles. The molecule has 0 saturated heterocycles. The number of H-pyrrole nitrogens is 1. The predicted octanol–water partition coefficient (Wildman–Crippen LogP) is 6.98. The van der Waals surface area contributed by atoms with Gasteiger partial charge >= 0.3 is 12.1 Å². The van der Waals surface area contributed by atoms with E-state index < -0.39 is 40.7 Å². The predicted molar refractivity (Wildman–Crippen MR) is 180 cm³/mol. The van der Waals surface area contributed by atoms with Gasteiger partial charge in [-0.15, -0.1) is 0 Å². The van der Waals surface area contributed by atoms with Gasteiger partial charge in [0.25, 0.3) is 0 Å². The SMILES string of the molecule is Cc1ccc(S(=O)(=O)C(NC(=O)C(F)(F)F)(c2c(C)cc(C)c3[nH]ccc23)c2nc3ccc(C#N)cc3n2COCC[Si](C)(C)C)cc1. The zero-order valence-electron chi connectivity index (χ0n) is 27.4. The number of imidazole rings is 1. The Labute approximate surface area is 277 Å². The molecule has 5 rings (SSSR count). The quantitative estimate of drug-likeness (QED) is 0.120. The number of nitrogens with one attached hydrogen (secondary N) is 2. The van der Waals surface area contributed by atoms with Crippen molar-refractivity contribution in [2.75, 3.05) is 6.61 Å². The second-order valence-corrected chi connectivity index (χ2v) is 20.8. The second kappa shape index (κ2) is 12.5. The summed E-state index contributed by atoms with van der Waals surface area (Å²) in [7, 11) is -6.61. The molecule has 0 radical (unpaired) electrons. The summed E-state index contributed by atoms with van der Waals surface area (Å²) in [5.41, 5.74) is 2.74. The van der Waals surface area contributed by atoms with E-state index in [1.165, 1.54) is 47.0 Å². The molecule has 252 valence electrons. The van der Waals surface area contributed by atoms with E-state index in [4.69, 9.17) is 4.74 Å². The lowest BCUT2D eigenvalue weighted by atomic mass is 9.93. The number of aromatic nitrogens is 3. The molecular weight excluding hydrogens is 660 g/mol. The highest BCUT2D eigenvalue weighted by atomic mass is 32.2. The first-order valence-corrected chi connectivity index (χ1v) is 20.4. The van der Waals surface area contributed by atoms with Crippen molar-refractivity contribution in [2.45, 2.75) is 69.1 Å². The molecule has 0 saturated carbocycles. The third-order valence-electron chi connectivity index (χ3n) is 8.28. The molecule has 0 aliphatic heterocycles. The molecule has 14 heteroatoms. The minimum atomic E-state index is -5.47. The first kappa shape index (κ1) is 34.9. The van der Waals surface area contributed by atoms with E-state index >= 15 is 8.42 Å². The van der Waals surface area contributed by atoms with Crippen LogP contribution in [0, 0.1) is 32.1 Å². The van der Waals surface area contributed by atoms with Crippen molar-refractivity contribution in [3.05, 3.63) is 94.4 Å². The Kier molecular flexibility index (Phi) is 9.11. The van der Waals surface area contributed by atoms with Gasteiger partial charge in [-0.2, -0.15) is 18.4 Å². The Balaban J connectivity index is 1.98. The smallest absolute Gasteiger partial charge is 0.361 e. The van der Waals surface area contributed by atoms with E-state index in [-0.39, 0.29) is 45.8 Å². The maximum atomic E-state index is 15.3. The standard InChI is InChI=1S/C34H36F3N5O4SSi/c1-21-7-10-25(11-8-21)47(44,45)33(41-32(43)34(35,36)37,29-22(2)17-23(3)30-26(29)13-14-39-30)31-40-27-12-9-24(19-38)18-28(27)42(31)20-46-15-16-48(4,5)6/h7-14,17-18,39H,15-16,20H2,1-6H3,(H,41,43). The van der Waals surface area contributed by atoms with E-state index in [0.717, 1.165) is 6.04 Å². The lowest BCUT2D eigenvalue weighted by Crippen LogP contribution is -2.57. The van der Waals surface area contributed by atoms with Crippen molar-refractivity contribution in [3.8, 4) is 6.07 Å². The molecule has 2 aromatic heterocycles. The number of fused-ring (bicyclic) bond motifs is 2. The van der Waals surface area contributed by atoms with Gasteiger partial charge in [0.2, 0.25) is 14.7 Å². The molecule has 0 aliphatic rings. The summed E-state index contributed by atoms with van der Waals surface area (Å²) < 4.78 is 81.1. The minimum Gasteiger partial charge on any atom is -0.361 e. The van der Waals surface area contributed by atoms with Crippen molar-refractivity contribution in [1.29, 1.82) is 5.26 Å². The maximum Gasteiger partial charge on any atom is 0.471 e. The van der Waals surface area contributed by atoms with Gasteiger partial charge in [-0.25, -0.2) is 13.4 Å². The average molecular weight is 696 g/mol.